The summed E-state index contributed by atoms with van der Waals surface area (Å²) in [4.78, 5) is 27.9. The minimum atomic E-state index is -0.419. The zero-order valence-corrected chi connectivity index (χ0v) is 37.6. The topological polar surface area (TPSA) is 76.1 Å². The number of nitrogens with zero attached hydrogens (tertiary/aromatic N) is 1. The first-order valence-electron chi connectivity index (χ1n) is 23.7. The molecule has 0 rings (SSSR count). The zero-order valence-electron chi connectivity index (χ0n) is 37.6. The Morgan fingerprint density at radius 1 is 0.537 bits per heavy atom. The van der Waals surface area contributed by atoms with Crippen LogP contribution in [0.5, 0.6) is 0 Å². The van der Waals surface area contributed by atoms with Crippen molar-refractivity contribution in [1.29, 1.82) is 0 Å². The standard InChI is InChI=1S/C48H95NO5/c1-8-11-14-17-18-19-25-34-45(51)54-43-47(4,5)36-26-22-29-39-49(40-30-31-41-50)38-28-21-20-27-37-48(6,7)46(52)53-42-35-44(32-23-15-12-9-2)33-24-16-13-10-3/h44,50H,8-43H2,1-7H3. The van der Waals surface area contributed by atoms with Gasteiger partial charge in [0.15, 0.2) is 0 Å². The van der Waals surface area contributed by atoms with Crippen LogP contribution in [-0.4, -0.2) is 61.4 Å². The molecule has 0 heterocycles. The number of aliphatic hydroxyl groups is 1. The predicted octanol–water partition coefficient (Wildman–Crippen LogP) is 13.8. The molecule has 0 unspecified atom stereocenters. The molecule has 0 amide bonds. The summed E-state index contributed by atoms with van der Waals surface area (Å²) in [7, 11) is 0. The Kier molecular flexibility index (Phi) is 35.5. The molecule has 6 heteroatoms. The first-order chi connectivity index (χ1) is 26.0. The maximum atomic E-state index is 13.0. The van der Waals surface area contributed by atoms with Crippen LogP contribution in [0.1, 0.15) is 241 Å². The fourth-order valence-corrected chi connectivity index (χ4v) is 7.57. The van der Waals surface area contributed by atoms with Gasteiger partial charge < -0.3 is 19.5 Å². The predicted molar refractivity (Wildman–Crippen MR) is 232 cm³/mol. The molecule has 0 atom stereocenters. The second-order valence-electron chi connectivity index (χ2n) is 18.3. The van der Waals surface area contributed by atoms with Crippen molar-refractivity contribution in [3.63, 3.8) is 0 Å². The third-order valence-corrected chi connectivity index (χ3v) is 11.6. The fourth-order valence-electron chi connectivity index (χ4n) is 7.57. The Bertz CT molecular complexity index is 831. The second-order valence-corrected chi connectivity index (χ2v) is 18.3. The summed E-state index contributed by atoms with van der Waals surface area (Å²) in [6, 6.07) is 0. The van der Waals surface area contributed by atoms with E-state index in [9.17, 15) is 14.7 Å². The highest BCUT2D eigenvalue weighted by Crippen LogP contribution is 2.28. The van der Waals surface area contributed by atoms with Crippen LogP contribution in [0.2, 0.25) is 0 Å². The smallest absolute Gasteiger partial charge is 0.311 e. The van der Waals surface area contributed by atoms with Crippen LogP contribution in [-0.2, 0) is 19.1 Å². The van der Waals surface area contributed by atoms with Gasteiger partial charge in [0.2, 0.25) is 0 Å². The fraction of sp³-hybridized carbons (Fsp3) is 0.958. The van der Waals surface area contributed by atoms with E-state index in [0.717, 1.165) is 83.8 Å². The third kappa shape index (κ3) is 33.0. The van der Waals surface area contributed by atoms with Crippen LogP contribution in [0.3, 0.4) is 0 Å². The van der Waals surface area contributed by atoms with Crippen LogP contribution in [0.15, 0.2) is 0 Å². The van der Waals surface area contributed by atoms with Crippen LogP contribution in [0, 0.1) is 16.7 Å². The van der Waals surface area contributed by atoms with Crippen molar-refractivity contribution in [2.24, 2.45) is 16.7 Å². The van der Waals surface area contributed by atoms with Crippen LogP contribution in [0.25, 0.3) is 0 Å². The van der Waals surface area contributed by atoms with Gasteiger partial charge in [-0.25, -0.2) is 0 Å². The summed E-state index contributed by atoms with van der Waals surface area (Å²) < 4.78 is 11.6. The second kappa shape index (κ2) is 36.2. The van der Waals surface area contributed by atoms with E-state index >= 15 is 0 Å². The maximum Gasteiger partial charge on any atom is 0.311 e. The van der Waals surface area contributed by atoms with E-state index in [1.165, 1.54) is 122 Å². The first-order valence-corrected chi connectivity index (χ1v) is 23.7. The van der Waals surface area contributed by atoms with Gasteiger partial charge in [-0.15, -0.1) is 0 Å². The highest BCUT2D eigenvalue weighted by molar-refractivity contribution is 5.75. The summed E-state index contributed by atoms with van der Waals surface area (Å²) in [5.74, 6) is 0.644. The summed E-state index contributed by atoms with van der Waals surface area (Å²) in [6.45, 7) is 20.0. The first kappa shape index (κ1) is 52.9. The minimum Gasteiger partial charge on any atom is -0.465 e. The summed E-state index contributed by atoms with van der Waals surface area (Å²) in [6.07, 6.45) is 35.1. The lowest BCUT2D eigenvalue weighted by Gasteiger charge is -2.25. The summed E-state index contributed by atoms with van der Waals surface area (Å²) in [5, 5.41) is 9.33. The van der Waals surface area contributed by atoms with E-state index in [1.807, 2.05) is 0 Å². The minimum absolute atomic E-state index is 0.0171. The van der Waals surface area contributed by atoms with Gasteiger partial charge in [0.25, 0.3) is 0 Å². The molecular weight excluding hydrogens is 671 g/mol. The summed E-state index contributed by atoms with van der Waals surface area (Å²) >= 11 is 0. The molecule has 0 fully saturated rings. The molecule has 0 aromatic rings. The number of esters is 2. The van der Waals surface area contributed by atoms with Gasteiger partial charge in [-0.2, -0.15) is 0 Å². The molecule has 0 aliphatic heterocycles. The zero-order chi connectivity index (χ0) is 40.2. The average Bonchev–Trinajstić information content (AvgIpc) is 3.14. The van der Waals surface area contributed by atoms with Crippen LogP contribution < -0.4 is 0 Å². The van der Waals surface area contributed by atoms with Gasteiger partial charge >= 0.3 is 11.9 Å². The number of hydrogen-bond donors (Lipinski definition) is 1. The van der Waals surface area contributed by atoms with Crippen molar-refractivity contribution in [3.05, 3.63) is 0 Å². The Morgan fingerprint density at radius 2 is 1.00 bits per heavy atom. The molecule has 0 aromatic heterocycles. The van der Waals surface area contributed by atoms with E-state index in [1.54, 1.807) is 0 Å². The molecule has 0 saturated heterocycles. The lowest BCUT2D eigenvalue weighted by molar-refractivity contribution is -0.154. The van der Waals surface area contributed by atoms with Gasteiger partial charge in [0.1, 0.15) is 0 Å². The van der Waals surface area contributed by atoms with Crippen LogP contribution >= 0.6 is 0 Å². The molecule has 0 aliphatic carbocycles. The molecule has 54 heavy (non-hydrogen) atoms. The van der Waals surface area contributed by atoms with E-state index in [0.29, 0.717) is 25.6 Å². The van der Waals surface area contributed by atoms with Crippen molar-refractivity contribution in [3.8, 4) is 0 Å². The number of hydrogen-bond acceptors (Lipinski definition) is 6. The molecule has 6 nitrogen and oxygen atoms in total. The van der Waals surface area contributed by atoms with Crippen molar-refractivity contribution >= 4 is 11.9 Å². The lowest BCUT2D eigenvalue weighted by Crippen LogP contribution is -2.28. The van der Waals surface area contributed by atoms with Gasteiger partial charge in [-0.05, 0) is 96.2 Å². The molecular formula is C48H95NO5. The molecule has 322 valence electrons. The lowest BCUT2D eigenvalue weighted by atomic mass is 9.87. The van der Waals surface area contributed by atoms with E-state index in [2.05, 4.69) is 53.4 Å². The molecule has 0 bridgehead atoms. The molecule has 0 aromatic carbocycles. The molecule has 0 radical (unpaired) electrons. The highest BCUT2D eigenvalue weighted by Gasteiger charge is 2.29. The van der Waals surface area contributed by atoms with E-state index in [4.69, 9.17) is 9.47 Å². The number of unbranched alkanes of at least 4 members (excludes halogenated alkanes) is 18. The molecule has 0 aliphatic rings. The van der Waals surface area contributed by atoms with Gasteiger partial charge in [0, 0.05) is 13.0 Å². The Balaban J connectivity index is 4.34. The number of carbonyl (C=O) groups excluding carboxylic acids is 2. The molecule has 1 N–H and O–H groups in total. The molecule has 0 spiro atoms. The quantitative estimate of drug-likeness (QED) is 0.0493. The van der Waals surface area contributed by atoms with Crippen LogP contribution in [0.4, 0.5) is 0 Å². The number of carbonyl (C=O) groups is 2. The average molecular weight is 766 g/mol. The van der Waals surface area contributed by atoms with Crippen molar-refractivity contribution in [1.82, 2.24) is 4.90 Å². The summed E-state index contributed by atoms with van der Waals surface area (Å²) in [5.41, 5.74) is -0.399. The Morgan fingerprint density at radius 3 is 1.57 bits per heavy atom. The van der Waals surface area contributed by atoms with Gasteiger partial charge in [-0.1, -0.05) is 169 Å². The van der Waals surface area contributed by atoms with Crippen molar-refractivity contribution < 1.29 is 24.2 Å². The highest BCUT2D eigenvalue weighted by atomic mass is 16.5. The Hall–Kier alpha value is -1.14. The SMILES string of the molecule is CCCCCCCCCC(=O)OCC(C)(C)CCCCCN(CCCCO)CCCCCCC(C)(C)C(=O)OCCC(CCCCCC)CCCCCC. The van der Waals surface area contributed by atoms with Crippen molar-refractivity contribution in [2.45, 2.75) is 241 Å². The van der Waals surface area contributed by atoms with Crippen molar-refractivity contribution in [2.75, 3.05) is 39.5 Å². The van der Waals surface area contributed by atoms with E-state index < -0.39 is 5.41 Å². The number of rotatable bonds is 41. The Labute approximate surface area is 337 Å². The number of ether oxygens (including phenoxy) is 2. The van der Waals surface area contributed by atoms with Gasteiger partial charge in [-0.3, -0.25) is 9.59 Å². The monoisotopic (exact) mass is 766 g/mol. The van der Waals surface area contributed by atoms with Gasteiger partial charge in [0.05, 0.1) is 18.6 Å². The third-order valence-electron chi connectivity index (χ3n) is 11.6. The largest absolute Gasteiger partial charge is 0.465 e. The number of aliphatic hydroxyl groups excluding tert-OH is 1. The molecule has 0 saturated carbocycles. The van der Waals surface area contributed by atoms with E-state index in [-0.39, 0.29) is 24.0 Å². The maximum absolute atomic E-state index is 13.0. The normalized spacial score (nSPS) is 12.3.